The summed E-state index contributed by atoms with van der Waals surface area (Å²) in [6, 6.07) is 10.2. The van der Waals surface area contributed by atoms with Gasteiger partial charge in [-0.25, -0.2) is 4.39 Å². The number of unbranched alkanes of at least 4 members (excludes halogenated alkanes) is 2. The molecule has 5 heteroatoms. The maximum atomic E-state index is 13.2. The molecule has 1 aromatic carbocycles. The standard InChI is InChI=1S/C20H21FN2OS/c1-2-3-4-11-22-20(24)19-18(23-12-5-6-13-23)17(14-25-19)15-7-9-16(21)10-8-15/h5-10,12-14H,2-4,11H2,1H3,(H,22,24). The van der Waals surface area contributed by atoms with Crippen molar-refractivity contribution < 1.29 is 9.18 Å². The second-order valence-corrected chi connectivity index (χ2v) is 6.77. The molecule has 0 saturated carbocycles. The molecule has 25 heavy (non-hydrogen) atoms. The zero-order valence-electron chi connectivity index (χ0n) is 14.2. The van der Waals surface area contributed by atoms with Gasteiger partial charge in [0.1, 0.15) is 10.7 Å². The number of thiophene rings is 1. The van der Waals surface area contributed by atoms with Crippen LogP contribution in [0.15, 0.2) is 54.2 Å². The molecular weight excluding hydrogens is 335 g/mol. The van der Waals surface area contributed by atoms with E-state index in [1.54, 1.807) is 12.1 Å². The molecule has 0 aliphatic carbocycles. The van der Waals surface area contributed by atoms with Crippen molar-refractivity contribution >= 4 is 17.2 Å². The van der Waals surface area contributed by atoms with Gasteiger partial charge in [0.25, 0.3) is 5.91 Å². The van der Waals surface area contributed by atoms with Gasteiger partial charge in [0, 0.05) is 29.9 Å². The molecule has 0 radical (unpaired) electrons. The number of carbonyl (C=O) groups is 1. The fraction of sp³-hybridized carbons (Fsp3) is 0.250. The lowest BCUT2D eigenvalue weighted by Gasteiger charge is -2.10. The van der Waals surface area contributed by atoms with Crippen LogP contribution in [0.1, 0.15) is 35.9 Å². The summed E-state index contributed by atoms with van der Waals surface area (Å²) in [4.78, 5) is 13.3. The highest BCUT2D eigenvalue weighted by atomic mass is 32.1. The molecule has 3 aromatic rings. The van der Waals surface area contributed by atoms with Gasteiger partial charge in [0.05, 0.1) is 5.69 Å². The maximum Gasteiger partial charge on any atom is 0.263 e. The van der Waals surface area contributed by atoms with Gasteiger partial charge in [-0.05, 0) is 36.2 Å². The van der Waals surface area contributed by atoms with E-state index < -0.39 is 0 Å². The molecule has 0 fully saturated rings. The predicted octanol–water partition coefficient (Wildman–Crippen LogP) is 5.26. The normalized spacial score (nSPS) is 10.8. The molecule has 130 valence electrons. The van der Waals surface area contributed by atoms with Crippen LogP contribution in [0.25, 0.3) is 16.8 Å². The number of benzene rings is 1. The highest BCUT2D eigenvalue weighted by Crippen LogP contribution is 2.35. The van der Waals surface area contributed by atoms with Gasteiger partial charge in [-0.2, -0.15) is 0 Å². The van der Waals surface area contributed by atoms with Gasteiger partial charge in [-0.3, -0.25) is 4.79 Å². The Morgan fingerprint density at radius 3 is 2.56 bits per heavy atom. The highest BCUT2D eigenvalue weighted by Gasteiger charge is 2.20. The van der Waals surface area contributed by atoms with Crippen molar-refractivity contribution in [2.24, 2.45) is 0 Å². The lowest BCUT2D eigenvalue weighted by atomic mass is 10.1. The number of carbonyl (C=O) groups excluding carboxylic acids is 1. The first kappa shape index (κ1) is 17.4. The van der Waals surface area contributed by atoms with E-state index in [0.717, 1.165) is 36.1 Å². The summed E-state index contributed by atoms with van der Waals surface area (Å²) in [5.74, 6) is -0.325. The van der Waals surface area contributed by atoms with Crippen molar-refractivity contribution in [1.29, 1.82) is 0 Å². The maximum absolute atomic E-state index is 13.2. The Balaban J connectivity index is 1.94. The molecule has 0 spiro atoms. The number of nitrogens with zero attached hydrogens (tertiary/aromatic N) is 1. The number of rotatable bonds is 7. The first-order valence-electron chi connectivity index (χ1n) is 8.49. The Morgan fingerprint density at radius 2 is 1.88 bits per heavy atom. The molecule has 1 amide bonds. The quantitative estimate of drug-likeness (QED) is 0.575. The molecule has 1 N–H and O–H groups in total. The van der Waals surface area contributed by atoms with Gasteiger partial charge >= 0.3 is 0 Å². The molecular formula is C20H21FN2OS. The van der Waals surface area contributed by atoms with E-state index in [1.165, 1.54) is 23.5 Å². The molecule has 3 rings (SSSR count). The van der Waals surface area contributed by atoms with Crippen molar-refractivity contribution in [1.82, 2.24) is 9.88 Å². The smallest absolute Gasteiger partial charge is 0.263 e. The summed E-state index contributed by atoms with van der Waals surface area (Å²) in [5.41, 5.74) is 2.67. The van der Waals surface area contributed by atoms with E-state index in [9.17, 15) is 9.18 Å². The summed E-state index contributed by atoms with van der Waals surface area (Å²) in [6.45, 7) is 2.82. The van der Waals surface area contributed by atoms with Crippen LogP contribution in [-0.4, -0.2) is 17.0 Å². The van der Waals surface area contributed by atoms with Crippen molar-refractivity contribution in [2.75, 3.05) is 6.54 Å². The monoisotopic (exact) mass is 356 g/mol. The van der Waals surface area contributed by atoms with Crippen molar-refractivity contribution in [3.05, 3.63) is 64.9 Å². The van der Waals surface area contributed by atoms with Crippen LogP contribution in [0.5, 0.6) is 0 Å². The molecule has 2 aromatic heterocycles. The summed E-state index contributed by atoms with van der Waals surface area (Å²) in [5, 5.41) is 4.97. The molecule has 2 heterocycles. The molecule has 3 nitrogen and oxygen atoms in total. The minimum Gasteiger partial charge on any atom is -0.351 e. The molecule has 0 saturated heterocycles. The van der Waals surface area contributed by atoms with Gasteiger partial charge in [0.15, 0.2) is 0 Å². The Bertz CT molecular complexity index is 822. The van der Waals surface area contributed by atoms with Gasteiger partial charge in [-0.15, -0.1) is 11.3 Å². The van der Waals surface area contributed by atoms with Crippen molar-refractivity contribution in [3.63, 3.8) is 0 Å². The van der Waals surface area contributed by atoms with Gasteiger partial charge in [-0.1, -0.05) is 31.9 Å². The average molecular weight is 356 g/mol. The minimum atomic E-state index is -0.268. The van der Waals surface area contributed by atoms with E-state index >= 15 is 0 Å². The first-order chi connectivity index (χ1) is 12.2. The third-order valence-electron chi connectivity index (χ3n) is 4.05. The Labute approximate surface area is 151 Å². The Morgan fingerprint density at radius 1 is 1.16 bits per heavy atom. The number of hydrogen-bond donors (Lipinski definition) is 1. The largest absolute Gasteiger partial charge is 0.351 e. The van der Waals surface area contributed by atoms with E-state index in [0.29, 0.717) is 11.4 Å². The van der Waals surface area contributed by atoms with Crippen LogP contribution in [-0.2, 0) is 0 Å². The fourth-order valence-corrected chi connectivity index (χ4v) is 3.73. The van der Waals surface area contributed by atoms with Crippen molar-refractivity contribution in [3.8, 4) is 16.8 Å². The third-order valence-corrected chi connectivity index (χ3v) is 5.02. The van der Waals surface area contributed by atoms with Crippen LogP contribution in [0.3, 0.4) is 0 Å². The number of halogens is 1. The van der Waals surface area contributed by atoms with Crippen LogP contribution in [0.2, 0.25) is 0 Å². The zero-order valence-corrected chi connectivity index (χ0v) is 15.0. The second kappa shape index (κ2) is 8.12. The van der Waals surface area contributed by atoms with Crippen LogP contribution in [0.4, 0.5) is 4.39 Å². The topological polar surface area (TPSA) is 34.0 Å². The van der Waals surface area contributed by atoms with Crippen LogP contribution in [0, 0.1) is 5.82 Å². The lowest BCUT2D eigenvalue weighted by molar-refractivity contribution is 0.0957. The summed E-state index contributed by atoms with van der Waals surface area (Å²) in [6.07, 6.45) is 7.05. The SMILES string of the molecule is CCCCCNC(=O)c1scc(-c2ccc(F)cc2)c1-n1cccc1. The number of aromatic nitrogens is 1. The number of nitrogens with one attached hydrogen (secondary N) is 1. The Kier molecular flexibility index (Phi) is 5.66. The highest BCUT2D eigenvalue weighted by molar-refractivity contribution is 7.13. The predicted molar refractivity (Wildman–Crippen MR) is 101 cm³/mol. The summed E-state index contributed by atoms with van der Waals surface area (Å²) in [7, 11) is 0. The number of amides is 1. The number of hydrogen-bond acceptors (Lipinski definition) is 2. The molecule has 0 bridgehead atoms. The van der Waals surface area contributed by atoms with Crippen LogP contribution < -0.4 is 5.32 Å². The first-order valence-corrected chi connectivity index (χ1v) is 9.37. The Hall–Kier alpha value is -2.40. The summed E-state index contributed by atoms with van der Waals surface area (Å²) >= 11 is 1.42. The molecule has 0 aliphatic heterocycles. The molecule has 0 unspecified atom stereocenters. The van der Waals surface area contributed by atoms with E-state index in [2.05, 4.69) is 12.2 Å². The van der Waals surface area contributed by atoms with Gasteiger partial charge in [0.2, 0.25) is 0 Å². The minimum absolute atomic E-state index is 0.0573. The average Bonchev–Trinajstić information content (AvgIpc) is 3.28. The summed E-state index contributed by atoms with van der Waals surface area (Å²) < 4.78 is 15.2. The van der Waals surface area contributed by atoms with E-state index in [4.69, 9.17) is 0 Å². The molecule has 0 atom stereocenters. The molecule has 0 aliphatic rings. The lowest BCUT2D eigenvalue weighted by Crippen LogP contribution is -2.24. The fourth-order valence-electron chi connectivity index (χ4n) is 2.74. The van der Waals surface area contributed by atoms with E-state index in [-0.39, 0.29) is 11.7 Å². The third kappa shape index (κ3) is 3.99. The zero-order chi connectivity index (χ0) is 17.6. The van der Waals surface area contributed by atoms with Crippen LogP contribution >= 0.6 is 11.3 Å². The van der Waals surface area contributed by atoms with Crippen molar-refractivity contribution in [2.45, 2.75) is 26.2 Å². The van der Waals surface area contributed by atoms with Gasteiger partial charge < -0.3 is 9.88 Å². The second-order valence-electron chi connectivity index (χ2n) is 5.89. The van der Waals surface area contributed by atoms with E-state index in [1.807, 2.05) is 34.5 Å².